The summed E-state index contributed by atoms with van der Waals surface area (Å²) in [7, 11) is 0. The summed E-state index contributed by atoms with van der Waals surface area (Å²) < 4.78 is 0. The molecule has 3 atom stereocenters. The zero-order valence-corrected chi connectivity index (χ0v) is 17.5. The molecule has 0 bridgehead atoms. The van der Waals surface area contributed by atoms with Crippen LogP contribution in [0, 0.1) is 10.1 Å². The fourth-order valence-electron chi connectivity index (χ4n) is 3.88. The molecule has 1 aliphatic heterocycles. The molecule has 2 aromatic rings. The molecule has 0 aliphatic carbocycles. The van der Waals surface area contributed by atoms with Gasteiger partial charge in [0.25, 0.3) is 5.69 Å². The second kappa shape index (κ2) is 9.07. The lowest BCUT2D eigenvalue weighted by molar-refractivity contribution is -0.384. The van der Waals surface area contributed by atoms with Crippen LogP contribution in [0.15, 0.2) is 48.5 Å². The topological polar surface area (TPSA) is 92.6 Å². The Balaban J connectivity index is 1.84. The average Bonchev–Trinajstić information content (AvgIpc) is 2.73. The van der Waals surface area contributed by atoms with Gasteiger partial charge in [0.1, 0.15) is 0 Å². The van der Waals surface area contributed by atoms with Crippen molar-refractivity contribution in [3.63, 3.8) is 0 Å². The molecule has 0 spiro atoms. The summed E-state index contributed by atoms with van der Waals surface area (Å²) >= 11 is 0. The van der Waals surface area contributed by atoms with Gasteiger partial charge in [-0.2, -0.15) is 0 Å². The van der Waals surface area contributed by atoms with Crippen LogP contribution in [-0.2, 0) is 16.0 Å². The number of nitro benzene ring substituents is 1. The van der Waals surface area contributed by atoms with E-state index in [1.807, 2.05) is 45.0 Å². The third-order valence-corrected chi connectivity index (χ3v) is 5.68. The van der Waals surface area contributed by atoms with E-state index in [-0.39, 0.29) is 41.9 Å². The highest BCUT2D eigenvalue weighted by molar-refractivity contribution is 5.98. The molecule has 1 aliphatic rings. The van der Waals surface area contributed by atoms with E-state index in [1.165, 1.54) is 12.1 Å². The van der Waals surface area contributed by atoms with Gasteiger partial charge < -0.3 is 10.2 Å². The van der Waals surface area contributed by atoms with Gasteiger partial charge in [-0.3, -0.25) is 19.7 Å². The first-order valence-electron chi connectivity index (χ1n) is 10.3. The smallest absolute Gasteiger partial charge is 0.269 e. The van der Waals surface area contributed by atoms with E-state index in [4.69, 9.17) is 0 Å². The van der Waals surface area contributed by atoms with Crippen LogP contribution in [0.3, 0.4) is 0 Å². The number of anilines is 1. The molecular formula is C23H27N3O4. The van der Waals surface area contributed by atoms with E-state index < -0.39 is 4.92 Å². The highest BCUT2D eigenvalue weighted by atomic mass is 16.6. The number of carbonyl (C=O) groups is 2. The largest absolute Gasteiger partial charge is 0.353 e. The number of fused-ring (bicyclic) bond motifs is 1. The lowest BCUT2D eigenvalue weighted by Gasteiger charge is -2.39. The summed E-state index contributed by atoms with van der Waals surface area (Å²) in [4.78, 5) is 38.1. The van der Waals surface area contributed by atoms with Crippen molar-refractivity contribution in [3.8, 4) is 0 Å². The molecule has 0 fully saturated rings. The SMILES string of the molecule is CC[C@@H](C)NC(=O)[C@@H]1C[C@@H](C)N(C(=O)Cc2ccc([N+](=O)[O-])cc2)c2ccccc21. The second-order valence-corrected chi connectivity index (χ2v) is 7.88. The minimum atomic E-state index is -0.459. The Labute approximate surface area is 176 Å². The van der Waals surface area contributed by atoms with Crippen LogP contribution in [0.5, 0.6) is 0 Å². The van der Waals surface area contributed by atoms with Gasteiger partial charge in [0.2, 0.25) is 11.8 Å². The van der Waals surface area contributed by atoms with Crippen molar-refractivity contribution in [2.75, 3.05) is 4.90 Å². The van der Waals surface area contributed by atoms with Crippen molar-refractivity contribution in [2.24, 2.45) is 0 Å². The number of hydrogen-bond donors (Lipinski definition) is 1. The van der Waals surface area contributed by atoms with Crippen molar-refractivity contribution < 1.29 is 14.5 Å². The van der Waals surface area contributed by atoms with Crippen LogP contribution in [-0.4, -0.2) is 28.8 Å². The maximum Gasteiger partial charge on any atom is 0.269 e. The minimum Gasteiger partial charge on any atom is -0.353 e. The molecule has 30 heavy (non-hydrogen) atoms. The molecule has 3 rings (SSSR count). The number of non-ortho nitro benzene ring substituents is 1. The number of nitrogens with one attached hydrogen (secondary N) is 1. The Bertz CT molecular complexity index is 942. The first kappa shape index (κ1) is 21.5. The van der Waals surface area contributed by atoms with Gasteiger partial charge in [0, 0.05) is 29.9 Å². The molecule has 0 unspecified atom stereocenters. The Morgan fingerprint density at radius 3 is 2.50 bits per heavy atom. The van der Waals surface area contributed by atoms with Crippen molar-refractivity contribution in [3.05, 3.63) is 69.8 Å². The molecule has 0 saturated carbocycles. The fraction of sp³-hybridized carbons (Fsp3) is 0.391. The van der Waals surface area contributed by atoms with E-state index in [9.17, 15) is 19.7 Å². The molecule has 2 aromatic carbocycles. The molecule has 2 amide bonds. The number of rotatable bonds is 6. The first-order valence-corrected chi connectivity index (χ1v) is 10.3. The van der Waals surface area contributed by atoms with Gasteiger partial charge >= 0.3 is 0 Å². The van der Waals surface area contributed by atoms with Crippen molar-refractivity contribution in [1.82, 2.24) is 5.32 Å². The fourth-order valence-corrected chi connectivity index (χ4v) is 3.88. The molecule has 0 aromatic heterocycles. The maximum atomic E-state index is 13.2. The predicted octanol–water partition coefficient (Wildman–Crippen LogP) is 3.96. The van der Waals surface area contributed by atoms with Crippen LogP contribution in [0.2, 0.25) is 0 Å². The molecule has 0 saturated heterocycles. The van der Waals surface area contributed by atoms with Crippen LogP contribution in [0.4, 0.5) is 11.4 Å². The first-order chi connectivity index (χ1) is 14.3. The number of benzene rings is 2. The molecular weight excluding hydrogens is 382 g/mol. The Kier molecular flexibility index (Phi) is 6.50. The summed E-state index contributed by atoms with van der Waals surface area (Å²) in [5.41, 5.74) is 2.32. The molecule has 1 N–H and O–H groups in total. The van der Waals surface area contributed by atoms with E-state index in [2.05, 4.69) is 5.32 Å². The van der Waals surface area contributed by atoms with Crippen molar-refractivity contribution in [2.45, 2.75) is 58.0 Å². The normalized spacial score (nSPS) is 19.0. The lowest BCUT2D eigenvalue weighted by Crippen LogP contribution is -2.47. The van der Waals surface area contributed by atoms with Crippen LogP contribution in [0.25, 0.3) is 0 Å². The predicted molar refractivity (Wildman–Crippen MR) is 115 cm³/mol. The van der Waals surface area contributed by atoms with E-state index in [0.717, 1.165) is 17.7 Å². The van der Waals surface area contributed by atoms with Gasteiger partial charge in [-0.15, -0.1) is 0 Å². The van der Waals surface area contributed by atoms with Crippen molar-refractivity contribution >= 4 is 23.2 Å². The highest BCUT2D eigenvalue weighted by Gasteiger charge is 2.36. The number of amides is 2. The Morgan fingerprint density at radius 2 is 1.87 bits per heavy atom. The number of carbonyl (C=O) groups excluding carboxylic acids is 2. The van der Waals surface area contributed by atoms with Gasteiger partial charge in [0.05, 0.1) is 17.3 Å². The summed E-state index contributed by atoms with van der Waals surface area (Å²) in [6.07, 6.45) is 1.54. The maximum absolute atomic E-state index is 13.2. The lowest BCUT2D eigenvalue weighted by atomic mass is 9.85. The van der Waals surface area contributed by atoms with Gasteiger partial charge in [-0.25, -0.2) is 0 Å². The van der Waals surface area contributed by atoms with Crippen molar-refractivity contribution in [1.29, 1.82) is 0 Å². The third-order valence-electron chi connectivity index (χ3n) is 5.68. The van der Waals surface area contributed by atoms with Crippen LogP contribution in [0.1, 0.15) is 50.7 Å². The molecule has 158 valence electrons. The summed E-state index contributed by atoms with van der Waals surface area (Å²) in [6, 6.07) is 13.5. The average molecular weight is 409 g/mol. The third kappa shape index (κ3) is 4.50. The molecule has 1 heterocycles. The van der Waals surface area contributed by atoms with Gasteiger partial charge in [-0.05, 0) is 43.9 Å². The second-order valence-electron chi connectivity index (χ2n) is 7.88. The number of para-hydroxylation sites is 1. The van der Waals surface area contributed by atoms with Gasteiger partial charge in [0.15, 0.2) is 0 Å². The Morgan fingerprint density at radius 1 is 1.20 bits per heavy atom. The molecule has 0 radical (unpaired) electrons. The summed E-state index contributed by atoms with van der Waals surface area (Å²) in [6.45, 7) is 5.96. The zero-order chi connectivity index (χ0) is 21.8. The quantitative estimate of drug-likeness (QED) is 0.577. The molecule has 7 nitrogen and oxygen atoms in total. The minimum absolute atomic E-state index is 0.00181. The van der Waals surface area contributed by atoms with Crippen LogP contribution < -0.4 is 10.2 Å². The number of nitro groups is 1. The summed E-state index contributed by atoms with van der Waals surface area (Å²) in [5.74, 6) is -0.399. The van der Waals surface area contributed by atoms with E-state index in [0.29, 0.717) is 12.0 Å². The standard InChI is InChI=1S/C23H27N3O4/c1-4-15(2)24-23(28)20-13-16(3)25(21-8-6-5-7-19(20)21)22(27)14-17-9-11-18(12-10-17)26(29)30/h5-12,15-16,20H,4,13-14H2,1-3H3,(H,24,28)/t15-,16-,20-/m1/s1. The summed E-state index contributed by atoms with van der Waals surface area (Å²) in [5, 5.41) is 13.9. The monoisotopic (exact) mass is 409 g/mol. The number of hydrogen-bond acceptors (Lipinski definition) is 4. The number of nitrogens with zero attached hydrogens (tertiary/aromatic N) is 2. The van der Waals surface area contributed by atoms with E-state index in [1.54, 1.807) is 17.0 Å². The van der Waals surface area contributed by atoms with E-state index >= 15 is 0 Å². The molecule has 7 heteroatoms. The van der Waals surface area contributed by atoms with Gasteiger partial charge in [-0.1, -0.05) is 37.3 Å². The Hall–Kier alpha value is -3.22. The zero-order valence-electron chi connectivity index (χ0n) is 17.5. The van der Waals surface area contributed by atoms with Crippen LogP contribution >= 0.6 is 0 Å². The highest BCUT2D eigenvalue weighted by Crippen LogP contribution is 2.39.